The lowest BCUT2D eigenvalue weighted by molar-refractivity contribution is -0.143. The first-order valence-corrected chi connectivity index (χ1v) is 5.76. The third-order valence-corrected chi connectivity index (χ3v) is 1.58. The largest absolute Gasteiger partial charge is 0.469 e. The number of aromatic nitrogens is 1. The van der Waals surface area contributed by atoms with Gasteiger partial charge in [-0.15, -0.1) is 13.2 Å². The maximum Gasteiger partial charge on any atom is 0.311 e. The first-order valence-electron chi connectivity index (χ1n) is 5.76. The molecule has 1 heterocycles. The topological polar surface area (TPSA) is 90.7 Å². The Hall–Kier alpha value is -2.15. The fourth-order valence-corrected chi connectivity index (χ4v) is 0.900. The van der Waals surface area contributed by atoms with Crippen molar-refractivity contribution in [2.45, 2.75) is 20.0 Å². The van der Waals surface area contributed by atoms with Gasteiger partial charge in [0.2, 0.25) is 0 Å². The number of methoxy groups -OCH3 is 1. The van der Waals surface area contributed by atoms with Gasteiger partial charge < -0.3 is 19.3 Å². The molecular weight excluding hydrogens is 264 g/mol. The predicted molar refractivity (Wildman–Crippen MR) is 73.9 cm³/mol. The molecule has 0 radical (unpaired) electrons. The summed E-state index contributed by atoms with van der Waals surface area (Å²) in [6.07, 6.45) is 0.0417. The molecule has 0 unspecified atom stereocenters. The van der Waals surface area contributed by atoms with Gasteiger partial charge in [0, 0.05) is 13.0 Å². The number of esters is 2. The quantitative estimate of drug-likeness (QED) is 0.654. The Morgan fingerprint density at radius 1 is 1.40 bits per heavy atom. The first-order chi connectivity index (χ1) is 9.53. The molecule has 0 bridgehead atoms. The van der Waals surface area contributed by atoms with Crippen LogP contribution >= 0.6 is 0 Å². The van der Waals surface area contributed by atoms with E-state index >= 15 is 0 Å². The zero-order chi connectivity index (χ0) is 16.0. The summed E-state index contributed by atoms with van der Waals surface area (Å²) >= 11 is 0. The van der Waals surface area contributed by atoms with Crippen molar-refractivity contribution in [2.75, 3.05) is 21.2 Å². The number of nitrogens with one attached hydrogen (secondary N) is 1. The number of carbonyl (C=O) groups excluding carboxylic acids is 2. The lowest BCUT2D eigenvalue weighted by Gasteiger charge is -1.94. The van der Waals surface area contributed by atoms with Crippen LogP contribution in [0.5, 0.6) is 0 Å². The van der Waals surface area contributed by atoms with Crippen LogP contribution in [0.15, 0.2) is 23.7 Å². The lowest BCUT2D eigenvalue weighted by atomic mass is 10.3. The van der Waals surface area contributed by atoms with E-state index in [1.54, 1.807) is 6.07 Å². The molecule has 0 atom stereocenters. The van der Waals surface area contributed by atoms with Gasteiger partial charge in [0.15, 0.2) is 12.4 Å². The molecule has 0 aromatic carbocycles. The normalized spacial score (nSPS) is 8.40. The Balaban J connectivity index is 0. The molecule has 0 aliphatic heterocycles. The molecule has 0 amide bonds. The van der Waals surface area contributed by atoms with Gasteiger partial charge in [0.1, 0.15) is 0 Å². The Kier molecular flexibility index (Phi) is 13.4. The Morgan fingerprint density at radius 2 is 1.95 bits per heavy atom. The van der Waals surface area contributed by atoms with Crippen molar-refractivity contribution in [3.05, 3.63) is 30.7 Å². The van der Waals surface area contributed by atoms with E-state index in [9.17, 15) is 9.59 Å². The highest BCUT2D eigenvalue weighted by molar-refractivity contribution is 5.71. The highest BCUT2D eigenvalue weighted by Gasteiger charge is 2.09. The van der Waals surface area contributed by atoms with Crippen LogP contribution in [0.3, 0.4) is 0 Å². The molecule has 1 aromatic rings. The van der Waals surface area contributed by atoms with Gasteiger partial charge in [-0.05, 0) is 14.1 Å². The third kappa shape index (κ3) is 11.0. The molecule has 1 aromatic heterocycles. The zero-order valence-corrected chi connectivity index (χ0v) is 12.4. The minimum Gasteiger partial charge on any atom is -0.469 e. The van der Waals surface area contributed by atoms with Crippen LogP contribution in [-0.2, 0) is 32.1 Å². The van der Waals surface area contributed by atoms with Crippen molar-refractivity contribution in [3.63, 3.8) is 0 Å². The van der Waals surface area contributed by atoms with Crippen LogP contribution in [0.4, 0.5) is 0 Å². The standard InChI is InChI=1S/C9H11NO5.C2H7N.C2H4/c1-6(11)14-5-8-3-7(10-15-8)4-9(12)13-2;1-3-2;1-2/h3H,4-5H2,1-2H3;3H,1-2H3;1-2H2. The average molecular weight is 286 g/mol. The number of rotatable bonds is 4. The van der Waals surface area contributed by atoms with Crippen molar-refractivity contribution in [2.24, 2.45) is 0 Å². The molecule has 7 nitrogen and oxygen atoms in total. The summed E-state index contributed by atoms with van der Waals surface area (Å²) in [4.78, 5) is 21.4. The summed E-state index contributed by atoms with van der Waals surface area (Å²) in [5.41, 5.74) is 0.448. The van der Waals surface area contributed by atoms with E-state index in [-0.39, 0.29) is 13.0 Å². The van der Waals surface area contributed by atoms with E-state index in [0.717, 1.165) is 0 Å². The van der Waals surface area contributed by atoms with E-state index in [0.29, 0.717) is 11.5 Å². The Labute approximate surface area is 118 Å². The monoisotopic (exact) mass is 286 g/mol. The van der Waals surface area contributed by atoms with Crippen LogP contribution in [0.25, 0.3) is 0 Å². The van der Waals surface area contributed by atoms with E-state index in [1.165, 1.54) is 14.0 Å². The molecule has 0 aliphatic carbocycles. The SMILES string of the molecule is C=C.CNC.COC(=O)Cc1cc(COC(C)=O)on1. The summed E-state index contributed by atoms with van der Waals surface area (Å²) in [6, 6.07) is 1.54. The maximum absolute atomic E-state index is 10.9. The average Bonchev–Trinajstić information content (AvgIpc) is 2.87. The van der Waals surface area contributed by atoms with Crippen LogP contribution in [0.1, 0.15) is 18.4 Å². The van der Waals surface area contributed by atoms with Gasteiger partial charge in [-0.25, -0.2) is 0 Å². The third-order valence-electron chi connectivity index (χ3n) is 1.58. The van der Waals surface area contributed by atoms with Crippen molar-refractivity contribution < 1.29 is 23.6 Å². The van der Waals surface area contributed by atoms with E-state index in [1.807, 2.05) is 14.1 Å². The van der Waals surface area contributed by atoms with E-state index in [2.05, 4.69) is 33.1 Å². The molecule has 0 aliphatic rings. The molecule has 0 fully saturated rings. The van der Waals surface area contributed by atoms with E-state index in [4.69, 9.17) is 4.52 Å². The Bertz CT molecular complexity index is 390. The molecule has 20 heavy (non-hydrogen) atoms. The lowest BCUT2D eigenvalue weighted by Crippen LogP contribution is -2.04. The summed E-state index contributed by atoms with van der Waals surface area (Å²) < 4.78 is 14.0. The van der Waals surface area contributed by atoms with Gasteiger partial charge >= 0.3 is 11.9 Å². The molecule has 0 saturated carbocycles. The Morgan fingerprint density at radius 3 is 2.40 bits per heavy atom. The second kappa shape index (κ2) is 13.3. The molecule has 7 heteroatoms. The molecule has 0 spiro atoms. The van der Waals surface area contributed by atoms with Gasteiger partial charge in [-0.3, -0.25) is 9.59 Å². The highest BCUT2D eigenvalue weighted by Crippen LogP contribution is 2.06. The smallest absolute Gasteiger partial charge is 0.311 e. The maximum atomic E-state index is 10.9. The fourth-order valence-electron chi connectivity index (χ4n) is 0.900. The van der Waals surface area contributed by atoms with Crippen molar-refractivity contribution in [1.82, 2.24) is 10.5 Å². The first kappa shape index (κ1) is 20.2. The van der Waals surface area contributed by atoms with Gasteiger partial charge in [-0.1, -0.05) is 5.16 Å². The number of hydrogen-bond acceptors (Lipinski definition) is 7. The van der Waals surface area contributed by atoms with Gasteiger partial charge in [-0.2, -0.15) is 0 Å². The fraction of sp³-hybridized carbons (Fsp3) is 0.462. The van der Waals surface area contributed by atoms with Crippen LogP contribution in [0.2, 0.25) is 0 Å². The summed E-state index contributed by atoms with van der Waals surface area (Å²) in [6.45, 7) is 7.31. The van der Waals surface area contributed by atoms with Crippen molar-refractivity contribution in [1.29, 1.82) is 0 Å². The molecule has 1 N–H and O–H groups in total. The highest BCUT2D eigenvalue weighted by atomic mass is 16.5. The summed E-state index contributed by atoms with van der Waals surface area (Å²) in [5, 5.41) is 6.36. The molecule has 0 saturated heterocycles. The number of ether oxygens (including phenoxy) is 2. The van der Waals surface area contributed by atoms with Crippen LogP contribution in [-0.4, -0.2) is 38.3 Å². The van der Waals surface area contributed by atoms with Crippen molar-refractivity contribution >= 4 is 11.9 Å². The molecule has 114 valence electrons. The number of nitrogens with zero attached hydrogens (tertiary/aromatic N) is 1. The van der Waals surface area contributed by atoms with Crippen LogP contribution < -0.4 is 5.32 Å². The minimum atomic E-state index is -0.402. The summed E-state index contributed by atoms with van der Waals surface area (Å²) in [5.74, 6) is -0.410. The predicted octanol–water partition coefficient (Wildman–Crippen LogP) is 1.09. The van der Waals surface area contributed by atoms with Crippen LogP contribution in [0, 0.1) is 0 Å². The minimum absolute atomic E-state index is 0.0174. The van der Waals surface area contributed by atoms with Gasteiger partial charge in [0.25, 0.3) is 0 Å². The van der Waals surface area contributed by atoms with Crippen molar-refractivity contribution in [3.8, 4) is 0 Å². The van der Waals surface area contributed by atoms with Gasteiger partial charge in [0.05, 0.1) is 19.2 Å². The molecule has 1 rings (SSSR count). The zero-order valence-electron chi connectivity index (χ0n) is 12.4. The molecular formula is C13H22N2O5. The second-order valence-electron chi connectivity index (χ2n) is 3.32. The number of hydrogen-bond donors (Lipinski definition) is 1. The number of carbonyl (C=O) groups is 2. The second-order valence-corrected chi connectivity index (χ2v) is 3.32. The van der Waals surface area contributed by atoms with E-state index < -0.39 is 11.9 Å². The summed E-state index contributed by atoms with van der Waals surface area (Å²) in [7, 11) is 5.04.